The number of fused-ring (bicyclic) bond motifs is 1. The van der Waals surface area contributed by atoms with E-state index >= 15 is 0 Å². The first-order valence-corrected chi connectivity index (χ1v) is 10.6. The van der Waals surface area contributed by atoms with Crippen LogP contribution in [0.25, 0.3) is 5.65 Å². The average molecular weight is 507 g/mol. The van der Waals surface area contributed by atoms with Crippen molar-refractivity contribution in [3.05, 3.63) is 60.2 Å². The molecule has 0 aliphatic carbocycles. The molecule has 0 radical (unpaired) electrons. The minimum Gasteiger partial charge on any atom is -0.366 e. The smallest absolute Gasteiger partial charge is 0.366 e. The van der Waals surface area contributed by atoms with E-state index in [4.69, 9.17) is 4.98 Å². The van der Waals surface area contributed by atoms with Crippen LogP contribution in [-0.4, -0.2) is 32.7 Å². The van der Waals surface area contributed by atoms with Crippen LogP contribution in [0.15, 0.2) is 35.1 Å². The van der Waals surface area contributed by atoms with Gasteiger partial charge < -0.3 is 24.1 Å². The topological polar surface area (TPSA) is 58.4 Å². The molecule has 3 aromatic heterocycles. The Morgan fingerprint density at radius 2 is 2.00 bits per heavy atom. The minimum absolute atomic E-state index is 0. The number of pyridine rings is 1. The standard InChI is InChI=1S/C21H25BrN6.Zn/c1-3-6-15(2)18-11-20(28-21(26-18)17(22)14-25-28)24-13-16-7-8-19(23-12-16)27-9-4-5-10-27;/h7-8,11-12,14-15,24H,1-6,9-10,13H2;/q-2;+2. The van der Waals surface area contributed by atoms with E-state index in [1.807, 2.05) is 16.8 Å². The van der Waals surface area contributed by atoms with Crippen molar-refractivity contribution < 1.29 is 19.5 Å². The van der Waals surface area contributed by atoms with Crippen molar-refractivity contribution >= 4 is 33.2 Å². The summed E-state index contributed by atoms with van der Waals surface area (Å²) in [7, 11) is 0. The second-order valence-electron chi connectivity index (χ2n) is 7.21. The largest absolute Gasteiger partial charge is 2.00 e. The first kappa shape index (κ1) is 22.2. The Hall–Kier alpha value is -1.53. The normalized spacial score (nSPS) is 14.8. The molecule has 1 atom stereocenters. The second-order valence-corrected chi connectivity index (χ2v) is 8.06. The molecule has 1 saturated heterocycles. The van der Waals surface area contributed by atoms with Crippen molar-refractivity contribution in [1.29, 1.82) is 0 Å². The van der Waals surface area contributed by atoms with Crippen LogP contribution in [0.1, 0.15) is 42.9 Å². The maximum Gasteiger partial charge on any atom is 2.00 e. The van der Waals surface area contributed by atoms with Crippen LogP contribution in [0.5, 0.6) is 0 Å². The summed E-state index contributed by atoms with van der Waals surface area (Å²) in [6, 6.07) is 6.28. The molecule has 3 aromatic rings. The Bertz CT molecular complexity index is 936. The number of rotatable bonds is 7. The zero-order valence-electron chi connectivity index (χ0n) is 16.6. The van der Waals surface area contributed by atoms with E-state index in [2.05, 4.69) is 62.2 Å². The van der Waals surface area contributed by atoms with Gasteiger partial charge in [-0.05, 0) is 46.5 Å². The predicted molar refractivity (Wildman–Crippen MR) is 116 cm³/mol. The van der Waals surface area contributed by atoms with Gasteiger partial charge in [0.05, 0.1) is 10.7 Å². The van der Waals surface area contributed by atoms with Crippen LogP contribution >= 0.6 is 15.9 Å². The van der Waals surface area contributed by atoms with E-state index in [0.29, 0.717) is 6.54 Å². The Morgan fingerprint density at radius 3 is 2.69 bits per heavy atom. The fourth-order valence-electron chi connectivity index (χ4n) is 3.53. The summed E-state index contributed by atoms with van der Waals surface area (Å²) in [6.07, 6.45) is 7.96. The fraction of sp³-hybridized carbons (Fsp3) is 0.381. The van der Waals surface area contributed by atoms with Gasteiger partial charge in [0, 0.05) is 31.5 Å². The Balaban J connectivity index is 0.00000240. The van der Waals surface area contributed by atoms with Crippen molar-refractivity contribution in [1.82, 2.24) is 19.6 Å². The van der Waals surface area contributed by atoms with Gasteiger partial charge in [-0.1, -0.05) is 12.5 Å². The molecule has 4 rings (SSSR count). The zero-order valence-corrected chi connectivity index (χ0v) is 21.2. The molecule has 0 bridgehead atoms. The molecule has 1 aliphatic rings. The number of nitrogens with zero attached hydrogens (tertiary/aromatic N) is 5. The molecule has 6 nitrogen and oxygen atoms in total. The monoisotopic (exact) mass is 504 g/mol. The summed E-state index contributed by atoms with van der Waals surface area (Å²) in [5.41, 5.74) is 2.87. The van der Waals surface area contributed by atoms with Gasteiger partial charge in [-0.2, -0.15) is 16.0 Å². The second kappa shape index (κ2) is 9.99. The van der Waals surface area contributed by atoms with E-state index in [9.17, 15) is 0 Å². The molecule has 29 heavy (non-hydrogen) atoms. The number of halogens is 1. The quantitative estimate of drug-likeness (QED) is 0.374. The van der Waals surface area contributed by atoms with Crippen molar-refractivity contribution in [3.8, 4) is 0 Å². The van der Waals surface area contributed by atoms with E-state index in [0.717, 1.165) is 58.9 Å². The third-order valence-corrected chi connectivity index (χ3v) is 5.69. The third-order valence-electron chi connectivity index (χ3n) is 5.13. The summed E-state index contributed by atoms with van der Waals surface area (Å²) >= 11 is 3.54. The Morgan fingerprint density at radius 1 is 1.21 bits per heavy atom. The summed E-state index contributed by atoms with van der Waals surface area (Å²) < 4.78 is 2.69. The molecule has 1 N–H and O–H groups in total. The summed E-state index contributed by atoms with van der Waals surface area (Å²) in [5, 5.41) is 7.92. The molecule has 0 saturated carbocycles. The van der Waals surface area contributed by atoms with Gasteiger partial charge in [-0.25, -0.2) is 9.97 Å². The van der Waals surface area contributed by atoms with Gasteiger partial charge in [0.2, 0.25) is 0 Å². The molecule has 0 aromatic carbocycles. The van der Waals surface area contributed by atoms with Crippen LogP contribution in [0.4, 0.5) is 11.6 Å². The van der Waals surface area contributed by atoms with Crippen molar-refractivity contribution in [2.45, 2.75) is 38.1 Å². The maximum atomic E-state index is 4.73. The molecule has 0 amide bonds. The SMILES string of the molecule is [CH2-]CCC([CH2-])c1cc(NCc2ccc(N3CCCC3)nc2)n2ncc(Br)c2n1.[Zn+2]. The molecule has 4 heterocycles. The minimum atomic E-state index is 0. The number of hydrogen-bond donors (Lipinski definition) is 1. The third kappa shape index (κ3) is 4.97. The van der Waals surface area contributed by atoms with Crippen molar-refractivity contribution in [3.63, 3.8) is 0 Å². The van der Waals surface area contributed by atoms with Gasteiger partial charge in [-0.3, -0.25) is 0 Å². The van der Waals surface area contributed by atoms with Crippen LogP contribution < -0.4 is 10.2 Å². The summed E-state index contributed by atoms with van der Waals surface area (Å²) in [6.45, 7) is 11.1. The number of aromatic nitrogens is 4. The molecule has 1 fully saturated rings. The van der Waals surface area contributed by atoms with Crippen LogP contribution in [0, 0.1) is 13.8 Å². The summed E-state index contributed by atoms with van der Waals surface area (Å²) in [4.78, 5) is 11.7. The first-order valence-electron chi connectivity index (χ1n) is 9.76. The predicted octanol–water partition coefficient (Wildman–Crippen LogP) is 4.63. The van der Waals surface area contributed by atoms with Crippen LogP contribution in [-0.2, 0) is 26.0 Å². The molecular weight excluding hydrogens is 482 g/mol. The molecule has 8 heteroatoms. The van der Waals surface area contributed by atoms with Crippen molar-refractivity contribution in [2.75, 3.05) is 23.3 Å². The fourth-order valence-corrected chi connectivity index (χ4v) is 3.88. The molecule has 0 spiro atoms. The van der Waals surface area contributed by atoms with Crippen LogP contribution in [0.3, 0.4) is 0 Å². The number of nitrogens with one attached hydrogen (secondary N) is 1. The molecule has 148 valence electrons. The van der Waals surface area contributed by atoms with Gasteiger partial charge in [0.25, 0.3) is 0 Å². The van der Waals surface area contributed by atoms with Gasteiger partial charge >= 0.3 is 19.5 Å². The van der Waals surface area contributed by atoms with Crippen LogP contribution in [0.2, 0.25) is 0 Å². The first-order chi connectivity index (χ1) is 13.7. The molecular formula is C21H25BrN6Zn. The maximum absolute atomic E-state index is 4.73. The number of anilines is 2. The zero-order chi connectivity index (χ0) is 19.5. The molecule has 1 unspecified atom stereocenters. The van der Waals surface area contributed by atoms with E-state index in [-0.39, 0.29) is 25.4 Å². The van der Waals surface area contributed by atoms with E-state index in [1.54, 1.807) is 6.20 Å². The van der Waals surface area contributed by atoms with Gasteiger partial charge in [-0.15, -0.1) is 5.92 Å². The van der Waals surface area contributed by atoms with E-state index in [1.165, 1.54) is 12.8 Å². The van der Waals surface area contributed by atoms with Gasteiger partial charge in [0.15, 0.2) is 5.65 Å². The van der Waals surface area contributed by atoms with E-state index < -0.39 is 0 Å². The Labute approximate surface area is 193 Å². The number of hydrogen-bond acceptors (Lipinski definition) is 5. The average Bonchev–Trinajstić information content (AvgIpc) is 3.37. The van der Waals surface area contributed by atoms with Crippen molar-refractivity contribution in [2.24, 2.45) is 0 Å². The summed E-state index contributed by atoms with van der Waals surface area (Å²) in [5.74, 6) is 2.07. The van der Waals surface area contributed by atoms with Gasteiger partial charge in [0.1, 0.15) is 11.6 Å². The molecule has 1 aliphatic heterocycles. The Kier molecular flexibility index (Phi) is 7.63.